The molecule has 0 fully saturated rings. The Labute approximate surface area is 199 Å². The summed E-state index contributed by atoms with van der Waals surface area (Å²) in [6, 6.07) is 20.8. The lowest BCUT2D eigenvalue weighted by Crippen LogP contribution is -2.34. The van der Waals surface area contributed by atoms with Gasteiger partial charge < -0.3 is 14.8 Å². The first kappa shape index (κ1) is 23.1. The lowest BCUT2D eigenvalue weighted by atomic mass is 9.97. The van der Waals surface area contributed by atoms with Crippen molar-refractivity contribution >= 4 is 23.1 Å². The molecule has 3 aromatic rings. The molecule has 0 aromatic heterocycles. The molecule has 0 aliphatic carbocycles. The Morgan fingerprint density at radius 3 is 2.00 bits per heavy atom. The van der Waals surface area contributed by atoms with Crippen molar-refractivity contribution in [3.8, 4) is 11.5 Å². The third-order valence-corrected chi connectivity index (χ3v) is 5.96. The van der Waals surface area contributed by atoms with E-state index in [2.05, 4.69) is 5.32 Å². The minimum Gasteiger partial charge on any atom is -0.497 e. The van der Waals surface area contributed by atoms with E-state index in [4.69, 9.17) is 9.47 Å². The zero-order valence-corrected chi connectivity index (χ0v) is 19.8. The van der Waals surface area contributed by atoms with Crippen molar-refractivity contribution in [2.75, 3.05) is 26.1 Å². The van der Waals surface area contributed by atoms with Crippen molar-refractivity contribution < 1.29 is 19.1 Å². The van der Waals surface area contributed by atoms with E-state index < -0.39 is 0 Å². The Morgan fingerprint density at radius 2 is 1.41 bits per heavy atom. The summed E-state index contributed by atoms with van der Waals surface area (Å²) in [5.41, 5.74) is 5.21. The summed E-state index contributed by atoms with van der Waals surface area (Å²) < 4.78 is 10.4. The molecule has 0 spiro atoms. The quantitative estimate of drug-likeness (QED) is 0.495. The van der Waals surface area contributed by atoms with Gasteiger partial charge in [0, 0.05) is 12.2 Å². The molecule has 6 nitrogen and oxygen atoms in total. The number of methoxy groups -OCH3 is 2. The molecule has 1 N–H and O–H groups in total. The number of hydrogen-bond acceptors (Lipinski definition) is 5. The van der Waals surface area contributed by atoms with E-state index in [1.54, 1.807) is 14.2 Å². The number of rotatable bonds is 8. The molecule has 0 bridgehead atoms. The van der Waals surface area contributed by atoms with Crippen LogP contribution in [-0.2, 0) is 16.0 Å². The zero-order valence-electron chi connectivity index (χ0n) is 19.8. The molecule has 1 aliphatic heterocycles. The van der Waals surface area contributed by atoms with E-state index >= 15 is 0 Å². The highest BCUT2D eigenvalue weighted by atomic mass is 16.5. The second kappa shape index (κ2) is 9.83. The molecule has 0 atom stereocenters. The standard InChI is InChI=1S/C28H28N2O4/c1-18-5-14-24(19(2)17-18)25-26(29-21-8-12-23(34-4)13-9-21)28(32)30(27(25)31)16-15-20-6-10-22(33-3)11-7-20/h5-14,17,29H,15-16H2,1-4H3. The van der Waals surface area contributed by atoms with Crippen LogP contribution in [0.15, 0.2) is 72.4 Å². The topological polar surface area (TPSA) is 67.9 Å². The molecule has 34 heavy (non-hydrogen) atoms. The van der Waals surface area contributed by atoms with Gasteiger partial charge in [-0.05, 0) is 73.4 Å². The first-order valence-electron chi connectivity index (χ1n) is 11.1. The van der Waals surface area contributed by atoms with Gasteiger partial charge in [0.05, 0.1) is 19.8 Å². The van der Waals surface area contributed by atoms with Crippen molar-refractivity contribution in [1.29, 1.82) is 0 Å². The van der Waals surface area contributed by atoms with Gasteiger partial charge in [-0.15, -0.1) is 0 Å². The monoisotopic (exact) mass is 456 g/mol. The van der Waals surface area contributed by atoms with Crippen molar-refractivity contribution in [2.45, 2.75) is 20.3 Å². The first-order valence-corrected chi connectivity index (χ1v) is 11.1. The Kier molecular flexibility index (Phi) is 6.68. The average Bonchev–Trinajstić information content (AvgIpc) is 3.07. The Balaban J connectivity index is 1.65. The van der Waals surface area contributed by atoms with E-state index in [0.717, 1.165) is 28.0 Å². The Bertz CT molecular complexity index is 1240. The third kappa shape index (κ3) is 4.66. The van der Waals surface area contributed by atoms with Gasteiger partial charge in [0.15, 0.2) is 0 Å². The number of carbonyl (C=O) groups is 2. The number of hydrogen-bond donors (Lipinski definition) is 1. The number of ether oxygens (including phenoxy) is 2. The molecule has 174 valence electrons. The van der Waals surface area contributed by atoms with E-state index in [1.807, 2.05) is 80.6 Å². The highest BCUT2D eigenvalue weighted by Gasteiger charge is 2.39. The van der Waals surface area contributed by atoms with Crippen LogP contribution in [0, 0.1) is 13.8 Å². The predicted octanol–water partition coefficient (Wildman–Crippen LogP) is 4.76. The molecule has 1 heterocycles. The van der Waals surface area contributed by atoms with E-state index in [9.17, 15) is 9.59 Å². The third-order valence-electron chi connectivity index (χ3n) is 5.96. The molecule has 1 aliphatic rings. The average molecular weight is 457 g/mol. The van der Waals surface area contributed by atoms with Crippen LogP contribution in [0.1, 0.15) is 22.3 Å². The van der Waals surface area contributed by atoms with Gasteiger partial charge in [-0.1, -0.05) is 35.9 Å². The number of nitrogens with one attached hydrogen (secondary N) is 1. The fourth-order valence-corrected chi connectivity index (χ4v) is 4.09. The van der Waals surface area contributed by atoms with Gasteiger partial charge in [-0.3, -0.25) is 14.5 Å². The molecule has 0 saturated heterocycles. The maximum Gasteiger partial charge on any atom is 0.278 e. The molecular formula is C28H28N2O4. The number of nitrogens with zero attached hydrogens (tertiary/aromatic N) is 1. The Morgan fingerprint density at radius 1 is 0.794 bits per heavy atom. The lowest BCUT2D eigenvalue weighted by Gasteiger charge is -2.16. The fraction of sp³-hybridized carbons (Fsp3) is 0.214. The number of benzene rings is 3. The molecule has 6 heteroatoms. The molecular weight excluding hydrogens is 428 g/mol. The molecule has 0 unspecified atom stereocenters. The molecule has 3 aromatic carbocycles. The van der Waals surface area contributed by atoms with Crippen LogP contribution in [0.3, 0.4) is 0 Å². The zero-order chi connectivity index (χ0) is 24.2. The van der Waals surface area contributed by atoms with Gasteiger partial charge in [0.2, 0.25) is 0 Å². The van der Waals surface area contributed by atoms with Crippen LogP contribution in [-0.4, -0.2) is 37.5 Å². The summed E-state index contributed by atoms with van der Waals surface area (Å²) in [4.78, 5) is 28.3. The van der Waals surface area contributed by atoms with Crippen LogP contribution in [0.25, 0.3) is 5.57 Å². The van der Waals surface area contributed by atoms with Gasteiger partial charge in [0.25, 0.3) is 11.8 Å². The number of amides is 2. The largest absolute Gasteiger partial charge is 0.497 e. The molecule has 0 saturated carbocycles. The van der Waals surface area contributed by atoms with Crippen LogP contribution in [0.5, 0.6) is 11.5 Å². The molecule has 0 radical (unpaired) electrons. The van der Waals surface area contributed by atoms with Gasteiger partial charge in [0.1, 0.15) is 17.2 Å². The minimum atomic E-state index is -0.329. The maximum absolute atomic E-state index is 13.5. The van der Waals surface area contributed by atoms with Crippen molar-refractivity contribution in [1.82, 2.24) is 4.90 Å². The lowest BCUT2D eigenvalue weighted by molar-refractivity contribution is -0.136. The van der Waals surface area contributed by atoms with Crippen molar-refractivity contribution in [2.24, 2.45) is 0 Å². The number of aryl methyl sites for hydroxylation is 2. The summed E-state index contributed by atoms with van der Waals surface area (Å²) in [5.74, 6) is 0.858. The smallest absolute Gasteiger partial charge is 0.278 e. The van der Waals surface area contributed by atoms with Crippen molar-refractivity contribution in [3.63, 3.8) is 0 Å². The summed E-state index contributed by atoms with van der Waals surface area (Å²) in [6.45, 7) is 4.24. The maximum atomic E-state index is 13.5. The summed E-state index contributed by atoms with van der Waals surface area (Å²) in [7, 11) is 3.22. The minimum absolute atomic E-state index is 0.284. The van der Waals surface area contributed by atoms with Crippen LogP contribution in [0.4, 0.5) is 5.69 Å². The SMILES string of the molecule is COc1ccc(CCN2C(=O)C(Nc3ccc(OC)cc3)=C(c3ccc(C)cc3C)C2=O)cc1. The highest BCUT2D eigenvalue weighted by molar-refractivity contribution is 6.36. The van der Waals surface area contributed by atoms with Gasteiger partial charge in [-0.2, -0.15) is 0 Å². The van der Waals surface area contributed by atoms with Gasteiger partial charge >= 0.3 is 0 Å². The molecule has 2 amide bonds. The fourth-order valence-electron chi connectivity index (χ4n) is 4.09. The van der Waals surface area contributed by atoms with Crippen LogP contribution < -0.4 is 14.8 Å². The summed E-state index contributed by atoms with van der Waals surface area (Å²) >= 11 is 0. The number of carbonyl (C=O) groups excluding carboxylic acids is 2. The summed E-state index contributed by atoms with van der Waals surface area (Å²) in [6.07, 6.45) is 0.553. The first-order chi connectivity index (χ1) is 16.4. The van der Waals surface area contributed by atoms with Crippen LogP contribution in [0.2, 0.25) is 0 Å². The summed E-state index contributed by atoms with van der Waals surface area (Å²) in [5, 5.41) is 3.20. The van der Waals surface area contributed by atoms with E-state index in [-0.39, 0.29) is 24.1 Å². The van der Waals surface area contributed by atoms with Crippen LogP contribution >= 0.6 is 0 Å². The predicted molar refractivity (Wildman–Crippen MR) is 133 cm³/mol. The number of anilines is 1. The highest BCUT2D eigenvalue weighted by Crippen LogP contribution is 2.33. The second-order valence-corrected chi connectivity index (χ2v) is 8.28. The molecule has 4 rings (SSSR count). The number of imide groups is 1. The van der Waals surface area contributed by atoms with Gasteiger partial charge in [-0.25, -0.2) is 0 Å². The Hall–Kier alpha value is -4.06. The second-order valence-electron chi connectivity index (χ2n) is 8.28. The van der Waals surface area contributed by atoms with E-state index in [1.165, 1.54) is 4.90 Å². The van der Waals surface area contributed by atoms with Crippen molar-refractivity contribution in [3.05, 3.63) is 94.7 Å². The normalized spacial score (nSPS) is 13.5. The van der Waals surface area contributed by atoms with E-state index in [0.29, 0.717) is 23.4 Å².